The number of nitriles is 1. The van der Waals surface area contributed by atoms with Gasteiger partial charge in [0, 0.05) is 13.0 Å². The number of carboxylic acids is 1. The topological polar surface area (TPSA) is 99.4 Å². The second-order valence-corrected chi connectivity index (χ2v) is 4.93. The first-order chi connectivity index (χ1) is 10.1. The molecule has 0 aliphatic carbocycles. The lowest BCUT2D eigenvalue weighted by Crippen LogP contribution is -2.45. The quantitative estimate of drug-likeness (QED) is 0.831. The number of carbonyl (C=O) groups excluding carboxylic acids is 1. The minimum atomic E-state index is -1.12. The molecule has 1 saturated heterocycles. The molecule has 6 heteroatoms. The Morgan fingerprint density at radius 1 is 1.48 bits per heavy atom. The molecule has 1 amide bonds. The van der Waals surface area contributed by atoms with Crippen molar-refractivity contribution in [3.8, 4) is 6.07 Å². The molecule has 1 aliphatic rings. The molecule has 110 valence electrons. The number of ether oxygens (including phenoxy) is 1. The number of hydrogen-bond donors (Lipinski definition) is 2. The molecule has 0 radical (unpaired) electrons. The van der Waals surface area contributed by atoms with Crippen LogP contribution < -0.4 is 5.32 Å². The summed E-state index contributed by atoms with van der Waals surface area (Å²) in [7, 11) is 0. The van der Waals surface area contributed by atoms with Crippen molar-refractivity contribution >= 4 is 11.9 Å². The van der Waals surface area contributed by atoms with Gasteiger partial charge in [-0.3, -0.25) is 4.79 Å². The van der Waals surface area contributed by atoms with Crippen LogP contribution >= 0.6 is 0 Å². The third-order valence-electron chi connectivity index (χ3n) is 3.48. The van der Waals surface area contributed by atoms with Crippen molar-refractivity contribution in [3.63, 3.8) is 0 Å². The van der Waals surface area contributed by atoms with Gasteiger partial charge in [0.1, 0.15) is 6.04 Å². The van der Waals surface area contributed by atoms with E-state index in [0.29, 0.717) is 30.8 Å². The minimum Gasteiger partial charge on any atom is -0.480 e. The highest BCUT2D eigenvalue weighted by Crippen LogP contribution is 2.14. The molecular formula is C15H16N2O4. The highest BCUT2D eigenvalue weighted by atomic mass is 16.5. The molecular weight excluding hydrogens is 272 g/mol. The van der Waals surface area contributed by atoms with Crippen molar-refractivity contribution < 1.29 is 19.4 Å². The highest BCUT2D eigenvalue weighted by Gasteiger charge is 2.28. The van der Waals surface area contributed by atoms with Gasteiger partial charge in [-0.25, -0.2) is 4.79 Å². The van der Waals surface area contributed by atoms with Gasteiger partial charge in [-0.2, -0.15) is 5.26 Å². The number of rotatable bonds is 5. The van der Waals surface area contributed by atoms with Crippen molar-refractivity contribution in [3.05, 3.63) is 35.4 Å². The first-order valence-corrected chi connectivity index (χ1v) is 6.70. The van der Waals surface area contributed by atoms with Gasteiger partial charge >= 0.3 is 5.97 Å². The van der Waals surface area contributed by atoms with Crippen molar-refractivity contribution in [1.29, 1.82) is 5.26 Å². The van der Waals surface area contributed by atoms with E-state index < -0.39 is 12.0 Å². The number of hydrogen-bond acceptors (Lipinski definition) is 4. The van der Waals surface area contributed by atoms with Gasteiger partial charge in [-0.1, -0.05) is 18.2 Å². The Labute approximate surface area is 122 Å². The van der Waals surface area contributed by atoms with E-state index in [1.165, 1.54) is 0 Å². The van der Waals surface area contributed by atoms with Crippen LogP contribution in [0, 0.1) is 17.2 Å². The van der Waals surface area contributed by atoms with Crippen LogP contribution in [0.3, 0.4) is 0 Å². The van der Waals surface area contributed by atoms with Gasteiger partial charge in [0.05, 0.1) is 24.2 Å². The average Bonchev–Trinajstić information content (AvgIpc) is 3.01. The molecule has 0 saturated carbocycles. The number of benzene rings is 1. The molecule has 0 spiro atoms. The molecule has 1 heterocycles. The van der Waals surface area contributed by atoms with Crippen LogP contribution in [-0.2, 0) is 20.7 Å². The third-order valence-corrected chi connectivity index (χ3v) is 3.48. The third kappa shape index (κ3) is 3.80. The Hall–Kier alpha value is -2.39. The van der Waals surface area contributed by atoms with Crippen LogP contribution in [-0.4, -0.2) is 36.2 Å². The van der Waals surface area contributed by atoms with Crippen LogP contribution in [0.15, 0.2) is 24.3 Å². The van der Waals surface area contributed by atoms with Crippen LogP contribution in [0.25, 0.3) is 0 Å². The summed E-state index contributed by atoms with van der Waals surface area (Å²) >= 11 is 0. The lowest BCUT2D eigenvalue weighted by Gasteiger charge is -2.17. The van der Waals surface area contributed by atoms with E-state index in [-0.39, 0.29) is 18.2 Å². The smallest absolute Gasteiger partial charge is 0.326 e. The minimum absolute atomic E-state index is 0.0817. The monoisotopic (exact) mass is 288 g/mol. The first kappa shape index (κ1) is 15.0. The Morgan fingerprint density at radius 2 is 2.24 bits per heavy atom. The first-order valence-electron chi connectivity index (χ1n) is 6.70. The average molecular weight is 288 g/mol. The van der Waals surface area contributed by atoms with E-state index in [1.54, 1.807) is 24.3 Å². The van der Waals surface area contributed by atoms with Gasteiger partial charge in [-0.15, -0.1) is 0 Å². The second-order valence-electron chi connectivity index (χ2n) is 4.93. The number of carbonyl (C=O) groups is 2. The maximum Gasteiger partial charge on any atom is 0.326 e. The molecule has 21 heavy (non-hydrogen) atoms. The predicted octanol–water partition coefficient (Wildman–Crippen LogP) is 0.707. The molecule has 0 aromatic heterocycles. The molecule has 1 aromatic rings. The number of amides is 1. The normalized spacial score (nSPS) is 18.7. The highest BCUT2D eigenvalue weighted by molar-refractivity contribution is 5.85. The molecule has 1 aliphatic heterocycles. The van der Waals surface area contributed by atoms with Crippen LogP contribution in [0.4, 0.5) is 0 Å². The van der Waals surface area contributed by atoms with Crippen LogP contribution in [0.2, 0.25) is 0 Å². The van der Waals surface area contributed by atoms with Gasteiger partial charge in [0.15, 0.2) is 0 Å². The maximum absolute atomic E-state index is 12.0. The zero-order valence-corrected chi connectivity index (χ0v) is 11.4. The summed E-state index contributed by atoms with van der Waals surface area (Å²) in [5, 5.41) is 20.8. The van der Waals surface area contributed by atoms with Gasteiger partial charge in [0.25, 0.3) is 0 Å². The van der Waals surface area contributed by atoms with Gasteiger partial charge in [-0.05, 0) is 18.1 Å². The second kappa shape index (κ2) is 6.86. The summed E-state index contributed by atoms with van der Waals surface area (Å²) < 4.78 is 5.12. The predicted molar refractivity (Wildman–Crippen MR) is 73.4 cm³/mol. The van der Waals surface area contributed by atoms with Crippen molar-refractivity contribution in [2.45, 2.75) is 18.9 Å². The molecule has 0 unspecified atom stereocenters. The summed E-state index contributed by atoms with van der Waals surface area (Å²) in [6.07, 6.45) is 0.686. The summed E-state index contributed by atoms with van der Waals surface area (Å²) in [4.78, 5) is 23.3. The van der Waals surface area contributed by atoms with Crippen LogP contribution in [0.1, 0.15) is 17.5 Å². The Morgan fingerprint density at radius 3 is 2.86 bits per heavy atom. The van der Waals surface area contributed by atoms with E-state index in [2.05, 4.69) is 5.32 Å². The molecule has 6 nitrogen and oxygen atoms in total. The molecule has 1 fully saturated rings. The van der Waals surface area contributed by atoms with Crippen LogP contribution in [0.5, 0.6) is 0 Å². The van der Waals surface area contributed by atoms with Gasteiger partial charge in [0.2, 0.25) is 5.91 Å². The summed E-state index contributed by atoms with van der Waals surface area (Å²) in [6, 6.07) is 7.75. The lowest BCUT2D eigenvalue weighted by atomic mass is 10.00. The Balaban J connectivity index is 2.07. The van der Waals surface area contributed by atoms with E-state index in [0.717, 1.165) is 0 Å². The zero-order valence-electron chi connectivity index (χ0n) is 11.4. The number of nitrogens with one attached hydrogen (secondary N) is 1. The Bertz CT molecular complexity index is 573. The number of nitrogens with zero attached hydrogens (tertiary/aromatic N) is 1. The van der Waals surface area contributed by atoms with E-state index >= 15 is 0 Å². The van der Waals surface area contributed by atoms with Crippen molar-refractivity contribution in [1.82, 2.24) is 5.32 Å². The molecule has 1 aromatic carbocycles. The fourth-order valence-electron chi connectivity index (χ4n) is 2.26. The zero-order chi connectivity index (χ0) is 15.2. The molecule has 2 rings (SSSR count). The largest absolute Gasteiger partial charge is 0.480 e. The number of aliphatic carboxylic acids is 1. The van der Waals surface area contributed by atoms with E-state index in [1.807, 2.05) is 6.07 Å². The lowest BCUT2D eigenvalue weighted by molar-refractivity contribution is -0.142. The van der Waals surface area contributed by atoms with E-state index in [9.17, 15) is 14.7 Å². The van der Waals surface area contributed by atoms with Crippen molar-refractivity contribution in [2.24, 2.45) is 5.92 Å². The standard InChI is InChI=1S/C15H16N2O4/c16-8-11-4-2-1-3-10(11)7-13(15(19)20)17-14(18)12-5-6-21-9-12/h1-4,12-13H,5-7,9H2,(H,17,18)(H,19,20)/t12-,13-/m0/s1. The molecule has 2 N–H and O–H groups in total. The fraction of sp³-hybridized carbons (Fsp3) is 0.400. The SMILES string of the molecule is N#Cc1ccccc1C[C@H](NC(=O)[C@H]1CCOC1)C(=O)O. The summed E-state index contributed by atoms with van der Waals surface area (Å²) in [6.45, 7) is 0.847. The number of carboxylic acid groups (broad SMARTS) is 1. The Kier molecular flexibility index (Phi) is 4.90. The summed E-state index contributed by atoms with van der Waals surface area (Å²) in [5.41, 5.74) is 1.03. The van der Waals surface area contributed by atoms with E-state index in [4.69, 9.17) is 10.00 Å². The molecule has 0 bridgehead atoms. The molecule has 2 atom stereocenters. The summed E-state index contributed by atoms with van der Waals surface area (Å²) in [5.74, 6) is -1.72. The van der Waals surface area contributed by atoms with Crippen molar-refractivity contribution in [2.75, 3.05) is 13.2 Å². The fourth-order valence-corrected chi connectivity index (χ4v) is 2.26. The maximum atomic E-state index is 12.0. The van der Waals surface area contributed by atoms with Gasteiger partial charge < -0.3 is 15.2 Å².